The predicted octanol–water partition coefficient (Wildman–Crippen LogP) is 0.300. The van der Waals surface area contributed by atoms with E-state index in [1.54, 1.807) is 0 Å². The van der Waals surface area contributed by atoms with Gasteiger partial charge in [-0.2, -0.15) is 0 Å². The molecule has 0 saturated carbocycles. The number of esters is 1. The van der Waals surface area contributed by atoms with E-state index < -0.39 is 18.1 Å². The highest BCUT2D eigenvalue weighted by Crippen LogP contribution is 1.99. The molecule has 0 rings (SSSR count). The normalized spacial score (nSPS) is 13.1. The Morgan fingerprint density at radius 3 is 2.06 bits per heavy atom. The Hall–Kier alpha value is -1.14. The molecule has 0 aliphatic rings. The van der Waals surface area contributed by atoms with Gasteiger partial charge in [0.25, 0.3) is 0 Å². The van der Waals surface area contributed by atoms with Crippen LogP contribution in [0.4, 0.5) is 0 Å². The third-order valence-corrected chi connectivity index (χ3v) is 2.16. The first-order valence-corrected chi connectivity index (χ1v) is 6.06. The molecule has 0 aromatic carbocycles. The maximum atomic E-state index is 11.6. The molecular formula is C12H26N2O4. The summed E-state index contributed by atoms with van der Waals surface area (Å²) in [7, 11) is 2.68. The van der Waals surface area contributed by atoms with Crippen molar-refractivity contribution in [2.75, 3.05) is 20.8 Å². The summed E-state index contributed by atoms with van der Waals surface area (Å²) < 4.78 is 9.34. The van der Waals surface area contributed by atoms with E-state index in [4.69, 9.17) is 10.5 Å². The summed E-state index contributed by atoms with van der Waals surface area (Å²) >= 11 is 0. The zero-order valence-corrected chi connectivity index (χ0v) is 12.1. The van der Waals surface area contributed by atoms with Gasteiger partial charge in [-0.1, -0.05) is 27.7 Å². The second-order valence-corrected chi connectivity index (χ2v) is 3.81. The van der Waals surface area contributed by atoms with Crippen LogP contribution in [0.5, 0.6) is 0 Å². The minimum Gasteiger partial charge on any atom is -0.467 e. The molecule has 0 aliphatic carbocycles. The Morgan fingerprint density at radius 1 is 1.22 bits per heavy atom. The van der Waals surface area contributed by atoms with Crippen LogP contribution in [0.25, 0.3) is 0 Å². The number of hydrogen-bond donors (Lipinski definition) is 2. The maximum absolute atomic E-state index is 11.6. The van der Waals surface area contributed by atoms with E-state index in [9.17, 15) is 9.59 Å². The highest BCUT2D eigenvalue weighted by atomic mass is 16.5. The molecule has 6 nitrogen and oxygen atoms in total. The number of nitrogens with two attached hydrogens (primary N) is 1. The number of hydrogen-bond acceptors (Lipinski definition) is 5. The van der Waals surface area contributed by atoms with Crippen molar-refractivity contribution in [3.63, 3.8) is 0 Å². The van der Waals surface area contributed by atoms with Crippen LogP contribution < -0.4 is 11.1 Å². The summed E-state index contributed by atoms with van der Waals surface area (Å²) in [5.41, 5.74) is 5.64. The van der Waals surface area contributed by atoms with Gasteiger partial charge in [-0.25, -0.2) is 4.79 Å². The number of carbonyl (C=O) groups is 2. The Morgan fingerprint density at radius 2 is 1.72 bits per heavy atom. The van der Waals surface area contributed by atoms with Crippen molar-refractivity contribution in [1.82, 2.24) is 5.32 Å². The summed E-state index contributed by atoms with van der Waals surface area (Å²) in [5, 5.41) is 2.49. The number of rotatable bonds is 6. The van der Waals surface area contributed by atoms with E-state index in [0.717, 1.165) is 0 Å². The molecule has 0 radical (unpaired) electrons. The molecule has 2 atom stereocenters. The number of methoxy groups -OCH3 is 2. The van der Waals surface area contributed by atoms with Gasteiger partial charge in [0.15, 0.2) is 6.04 Å². The summed E-state index contributed by atoms with van der Waals surface area (Å²) in [6, 6.07) is -1.46. The Kier molecular flexibility index (Phi) is 11.7. The Labute approximate surface area is 109 Å². The fraction of sp³-hybridized carbons (Fsp3) is 0.833. The third-order valence-electron chi connectivity index (χ3n) is 2.16. The Balaban J connectivity index is 0. The van der Waals surface area contributed by atoms with Gasteiger partial charge >= 0.3 is 5.97 Å². The summed E-state index contributed by atoms with van der Waals surface area (Å²) in [6.45, 7) is 7.71. The lowest BCUT2D eigenvalue weighted by Gasteiger charge is -2.20. The van der Waals surface area contributed by atoms with Crippen molar-refractivity contribution in [1.29, 1.82) is 0 Å². The van der Waals surface area contributed by atoms with E-state index in [0.29, 0.717) is 0 Å². The molecular weight excluding hydrogens is 236 g/mol. The molecule has 18 heavy (non-hydrogen) atoms. The first-order chi connectivity index (χ1) is 8.43. The van der Waals surface area contributed by atoms with E-state index in [2.05, 4.69) is 10.1 Å². The molecule has 0 saturated heterocycles. The van der Waals surface area contributed by atoms with Crippen molar-refractivity contribution in [3.8, 4) is 0 Å². The monoisotopic (exact) mass is 262 g/mol. The van der Waals surface area contributed by atoms with E-state index in [1.165, 1.54) is 14.2 Å². The van der Waals surface area contributed by atoms with Gasteiger partial charge in [-0.05, 0) is 5.92 Å². The molecule has 0 fully saturated rings. The molecule has 3 N–H and O–H groups in total. The van der Waals surface area contributed by atoms with Gasteiger partial charge in [0.2, 0.25) is 5.91 Å². The third kappa shape index (κ3) is 7.24. The summed E-state index contributed by atoms with van der Waals surface area (Å²) in [4.78, 5) is 22.9. The Bertz CT molecular complexity index is 244. The zero-order chi connectivity index (χ0) is 14.7. The topological polar surface area (TPSA) is 90.6 Å². The summed E-state index contributed by atoms with van der Waals surface area (Å²) in [5.74, 6) is -0.936. The summed E-state index contributed by atoms with van der Waals surface area (Å²) in [6.07, 6.45) is 0. The predicted molar refractivity (Wildman–Crippen MR) is 70.0 cm³/mol. The largest absolute Gasteiger partial charge is 0.467 e. The van der Waals surface area contributed by atoms with Gasteiger partial charge in [-0.15, -0.1) is 0 Å². The minimum absolute atomic E-state index is 0.000779. The second-order valence-electron chi connectivity index (χ2n) is 3.81. The molecule has 108 valence electrons. The molecule has 0 bridgehead atoms. The van der Waals surface area contributed by atoms with Crippen LogP contribution in [0, 0.1) is 5.92 Å². The first-order valence-electron chi connectivity index (χ1n) is 6.06. The zero-order valence-electron chi connectivity index (χ0n) is 12.1. The van der Waals surface area contributed by atoms with Crippen LogP contribution in [-0.2, 0) is 19.1 Å². The fourth-order valence-corrected chi connectivity index (χ4v) is 1.05. The molecule has 1 amide bonds. The van der Waals surface area contributed by atoms with Gasteiger partial charge in [0, 0.05) is 7.11 Å². The molecule has 0 aromatic heterocycles. The van der Waals surface area contributed by atoms with Crippen LogP contribution in [0.3, 0.4) is 0 Å². The number of amides is 1. The van der Waals surface area contributed by atoms with Crippen LogP contribution in [0.2, 0.25) is 0 Å². The van der Waals surface area contributed by atoms with Crippen LogP contribution >= 0.6 is 0 Å². The highest BCUT2D eigenvalue weighted by Gasteiger charge is 2.25. The fourth-order valence-electron chi connectivity index (χ4n) is 1.05. The SMILES string of the molecule is CC.COCC(NC(=O)C(N)C(C)C)C(=O)OC. The van der Waals surface area contributed by atoms with Crippen LogP contribution in [-0.4, -0.2) is 44.8 Å². The van der Waals surface area contributed by atoms with Gasteiger partial charge in [0.1, 0.15) is 0 Å². The van der Waals surface area contributed by atoms with Crippen LogP contribution in [0.15, 0.2) is 0 Å². The van der Waals surface area contributed by atoms with Gasteiger partial charge in [-0.3, -0.25) is 4.79 Å². The van der Waals surface area contributed by atoms with Gasteiger partial charge in [0.05, 0.1) is 19.8 Å². The number of nitrogens with one attached hydrogen (secondary N) is 1. The molecule has 0 aliphatic heterocycles. The van der Waals surface area contributed by atoms with E-state index in [-0.39, 0.29) is 18.4 Å². The van der Waals surface area contributed by atoms with Crippen molar-refractivity contribution in [2.45, 2.75) is 39.8 Å². The molecule has 0 spiro atoms. The number of ether oxygens (including phenoxy) is 2. The maximum Gasteiger partial charge on any atom is 0.330 e. The molecule has 0 aromatic rings. The molecule has 0 heterocycles. The van der Waals surface area contributed by atoms with Crippen molar-refractivity contribution in [3.05, 3.63) is 0 Å². The first kappa shape index (κ1) is 19.2. The standard InChI is InChI=1S/C10H20N2O4.C2H6/c1-6(2)8(11)9(13)12-7(5-15-3)10(14)16-4;1-2/h6-8H,5,11H2,1-4H3,(H,12,13);1-2H3. The average Bonchev–Trinajstić information content (AvgIpc) is 2.38. The highest BCUT2D eigenvalue weighted by molar-refractivity contribution is 5.87. The lowest BCUT2D eigenvalue weighted by atomic mass is 10.0. The van der Waals surface area contributed by atoms with E-state index >= 15 is 0 Å². The van der Waals surface area contributed by atoms with Crippen LogP contribution in [0.1, 0.15) is 27.7 Å². The lowest BCUT2D eigenvalue weighted by molar-refractivity contribution is -0.146. The molecule has 6 heteroatoms. The second kappa shape index (κ2) is 11.0. The number of carbonyl (C=O) groups excluding carboxylic acids is 2. The molecule has 2 unspecified atom stereocenters. The smallest absolute Gasteiger partial charge is 0.330 e. The van der Waals surface area contributed by atoms with Crippen molar-refractivity contribution in [2.24, 2.45) is 11.7 Å². The van der Waals surface area contributed by atoms with Gasteiger partial charge < -0.3 is 20.5 Å². The van der Waals surface area contributed by atoms with Crippen molar-refractivity contribution < 1.29 is 19.1 Å². The van der Waals surface area contributed by atoms with E-state index in [1.807, 2.05) is 27.7 Å². The average molecular weight is 262 g/mol. The van der Waals surface area contributed by atoms with Crippen molar-refractivity contribution >= 4 is 11.9 Å². The quantitative estimate of drug-likeness (QED) is 0.672. The minimum atomic E-state index is -0.813. The lowest BCUT2D eigenvalue weighted by Crippen LogP contribution is -2.52.